The summed E-state index contributed by atoms with van der Waals surface area (Å²) in [5.41, 5.74) is 0.805. The third-order valence-electron chi connectivity index (χ3n) is 3.90. The van der Waals surface area contributed by atoms with Crippen LogP contribution in [0.2, 0.25) is 0 Å². The van der Waals surface area contributed by atoms with Gasteiger partial charge in [-0.15, -0.1) is 11.3 Å². The van der Waals surface area contributed by atoms with E-state index in [1.54, 1.807) is 11.3 Å². The average Bonchev–Trinajstić information content (AvgIpc) is 2.96. The highest BCUT2D eigenvalue weighted by molar-refractivity contribution is 7.99. The Morgan fingerprint density at radius 2 is 2.16 bits per heavy atom. The molecule has 0 saturated carbocycles. The van der Waals surface area contributed by atoms with Gasteiger partial charge in [-0.25, -0.2) is 4.98 Å². The molecule has 1 fully saturated rings. The number of hydrogen-bond acceptors (Lipinski definition) is 5. The molecule has 1 aliphatic carbocycles. The molecule has 1 aliphatic heterocycles. The fourth-order valence-corrected chi connectivity index (χ4v) is 4.97. The fourth-order valence-electron chi connectivity index (χ4n) is 2.73. The minimum absolute atomic E-state index is 0.382. The second kappa shape index (κ2) is 5.71. The van der Waals surface area contributed by atoms with Crippen molar-refractivity contribution in [3.05, 3.63) is 10.6 Å². The first-order valence-electron chi connectivity index (χ1n) is 6.78. The Morgan fingerprint density at radius 1 is 1.37 bits per heavy atom. The quantitative estimate of drug-likeness (QED) is 0.895. The van der Waals surface area contributed by atoms with E-state index < -0.39 is 5.97 Å². The van der Waals surface area contributed by atoms with Crippen molar-refractivity contribution in [1.82, 2.24) is 4.98 Å². The molecule has 0 bridgehead atoms. The zero-order chi connectivity index (χ0) is 13.2. The number of rotatable bonds is 4. The maximum Gasteiger partial charge on any atom is 0.312 e. The van der Waals surface area contributed by atoms with Crippen molar-refractivity contribution in [2.75, 3.05) is 23.4 Å². The third-order valence-corrected chi connectivity index (χ3v) is 6.04. The van der Waals surface area contributed by atoms with E-state index in [4.69, 9.17) is 5.11 Å². The summed E-state index contributed by atoms with van der Waals surface area (Å²) >= 11 is 3.68. The van der Waals surface area contributed by atoms with Gasteiger partial charge in [-0.05, 0) is 43.1 Å². The van der Waals surface area contributed by atoms with Gasteiger partial charge in [0, 0.05) is 11.4 Å². The van der Waals surface area contributed by atoms with Crippen LogP contribution in [0.25, 0.3) is 0 Å². The smallest absolute Gasteiger partial charge is 0.312 e. The summed E-state index contributed by atoms with van der Waals surface area (Å²) in [4.78, 5) is 16.8. The number of nitrogens with zero attached hydrogens (tertiary/aromatic N) is 1. The predicted octanol–water partition coefficient (Wildman–Crippen LogP) is 2.81. The number of carbonyl (C=O) groups is 1. The molecule has 0 aromatic carbocycles. The Balaban J connectivity index is 1.60. The molecule has 2 heterocycles. The lowest BCUT2D eigenvalue weighted by atomic mass is 10.0. The fraction of sp³-hybridized carbons (Fsp3) is 0.692. The summed E-state index contributed by atoms with van der Waals surface area (Å²) in [6, 6.07) is 0. The molecule has 1 aromatic heterocycles. The first-order valence-corrected chi connectivity index (χ1v) is 8.75. The summed E-state index contributed by atoms with van der Waals surface area (Å²) in [5.74, 6) is 2.16. The number of aromatic nitrogens is 1. The van der Waals surface area contributed by atoms with Crippen molar-refractivity contribution in [2.45, 2.75) is 31.6 Å². The van der Waals surface area contributed by atoms with Crippen LogP contribution in [0, 0.1) is 5.92 Å². The summed E-state index contributed by atoms with van der Waals surface area (Å²) in [6.07, 6.45) is 4.14. The number of thiazole rings is 1. The highest BCUT2D eigenvalue weighted by Crippen LogP contribution is 2.38. The van der Waals surface area contributed by atoms with Crippen molar-refractivity contribution < 1.29 is 9.90 Å². The number of nitrogens with one attached hydrogen (secondary N) is 1. The molecule has 2 aliphatic rings. The Bertz CT molecular complexity index is 469. The molecule has 4 nitrogen and oxygen atoms in total. The van der Waals surface area contributed by atoms with Gasteiger partial charge in [-0.3, -0.25) is 4.79 Å². The van der Waals surface area contributed by atoms with E-state index in [1.807, 2.05) is 11.8 Å². The lowest BCUT2D eigenvalue weighted by molar-refractivity contribution is -0.138. The number of carboxylic acids is 1. The number of hydrogen-bond donors (Lipinski definition) is 2. The van der Waals surface area contributed by atoms with E-state index in [0.717, 1.165) is 34.6 Å². The Labute approximate surface area is 121 Å². The Kier molecular flexibility index (Phi) is 3.98. The zero-order valence-corrected chi connectivity index (χ0v) is 12.4. The molecule has 1 saturated heterocycles. The first kappa shape index (κ1) is 13.2. The number of fused-ring (bicyclic) bond motifs is 1. The summed E-state index contributed by atoms with van der Waals surface area (Å²) in [6.45, 7) is 0.977. The molecular formula is C13H18N2O2S2. The largest absolute Gasteiger partial charge is 0.481 e. The van der Waals surface area contributed by atoms with Crippen LogP contribution in [-0.4, -0.2) is 34.1 Å². The second-order valence-electron chi connectivity index (χ2n) is 5.19. The van der Waals surface area contributed by atoms with E-state index in [0.29, 0.717) is 6.42 Å². The van der Waals surface area contributed by atoms with Crippen LogP contribution < -0.4 is 5.32 Å². The normalized spacial score (nSPS) is 23.3. The van der Waals surface area contributed by atoms with Gasteiger partial charge in [0.2, 0.25) is 0 Å². The Hall–Kier alpha value is -0.750. The molecule has 0 spiro atoms. The van der Waals surface area contributed by atoms with Gasteiger partial charge < -0.3 is 10.4 Å². The number of aliphatic carboxylic acids is 1. The monoisotopic (exact) mass is 298 g/mol. The van der Waals surface area contributed by atoms with E-state index in [-0.39, 0.29) is 5.92 Å². The molecule has 3 rings (SSSR count). The van der Waals surface area contributed by atoms with Gasteiger partial charge in [0.05, 0.1) is 5.69 Å². The highest BCUT2D eigenvalue weighted by Gasteiger charge is 2.32. The molecular weight excluding hydrogens is 280 g/mol. The second-order valence-corrected chi connectivity index (χ2v) is 7.50. The molecule has 0 radical (unpaired) electrons. The van der Waals surface area contributed by atoms with Crippen molar-refractivity contribution in [2.24, 2.45) is 5.92 Å². The zero-order valence-electron chi connectivity index (χ0n) is 10.7. The van der Waals surface area contributed by atoms with E-state index in [2.05, 4.69) is 10.3 Å². The maximum absolute atomic E-state index is 11.1. The van der Waals surface area contributed by atoms with Gasteiger partial charge >= 0.3 is 5.97 Å². The van der Waals surface area contributed by atoms with Crippen LogP contribution in [0.5, 0.6) is 0 Å². The van der Waals surface area contributed by atoms with Crippen LogP contribution in [0.4, 0.5) is 5.13 Å². The molecule has 0 amide bonds. The first-order chi connectivity index (χ1) is 9.24. The van der Waals surface area contributed by atoms with E-state index >= 15 is 0 Å². The number of carboxylic acid groups (broad SMARTS) is 1. The average molecular weight is 298 g/mol. The van der Waals surface area contributed by atoms with Crippen molar-refractivity contribution >= 4 is 34.2 Å². The lowest BCUT2D eigenvalue weighted by Crippen LogP contribution is -2.19. The minimum atomic E-state index is -0.736. The van der Waals surface area contributed by atoms with Gasteiger partial charge in [-0.2, -0.15) is 11.8 Å². The maximum atomic E-state index is 11.1. The van der Waals surface area contributed by atoms with Crippen LogP contribution in [0.3, 0.4) is 0 Å². The standard InChI is InChI=1S/C13H18N2O2S2/c16-12(17)9-1-2-10-11(9)15-13(19-10)14-7-8-3-5-18-6-4-8/h8-9H,1-7H2,(H,14,15)(H,16,17). The van der Waals surface area contributed by atoms with Gasteiger partial charge in [0.15, 0.2) is 5.13 Å². The summed E-state index contributed by atoms with van der Waals surface area (Å²) in [5, 5.41) is 13.5. The molecule has 104 valence electrons. The van der Waals surface area contributed by atoms with Crippen molar-refractivity contribution in [3.8, 4) is 0 Å². The van der Waals surface area contributed by atoms with Gasteiger partial charge in [0.1, 0.15) is 5.92 Å². The molecule has 1 aromatic rings. The highest BCUT2D eigenvalue weighted by atomic mass is 32.2. The van der Waals surface area contributed by atoms with Crippen LogP contribution >= 0.6 is 23.1 Å². The topological polar surface area (TPSA) is 62.2 Å². The van der Waals surface area contributed by atoms with Crippen LogP contribution in [-0.2, 0) is 11.2 Å². The van der Waals surface area contributed by atoms with Crippen LogP contribution in [0.15, 0.2) is 0 Å². The van der Waals surface area contributed by atoms with Gasteiger partial charge in [0.25, 0.3) is 0 Å². The molecule has 1 atom stereocenters. The SMILES string of the molecule is O=C(O)C1CCc2sc(NCC3CCSCC3)nc21. The van der Waals surface area contributed by atoms with E-state index in [9.17, 15) is 4.79 Å². The van der Waals surface area contributed by atoms with Crippen molar-refractivity contribution in [1.29, 1.82) is 0 Å². The summed E-state index contributed by atoms with van der Waals surface area (Å²) in [7, 11) is 0. The van der Waals surface area contributed by atoms with Crippen LogP contribution in [0.1, 0.15) is 35.8 Å². The number of anilines is 1. The minimum Gasteiger partial charge on any atom is -0.481 e. The Morgan fingerprint density at radius 3 is 2.89 bits per heavy atom. The summed E-state index contributed by atoms with van der Waals surface area (Å²) < 4.78 is 0. The van der Waals surface area contributed by atoms with Crippen molar-refractivity contribution in [3.63, 3.8) is 0 Å². The molecule has 19 heavy (non-hydrogen) atoms. The third kappa shape index (κ3) is 2.89. The van der Waals surface area contributed by atoms with Gasteiger partial charge in [-0.1, -0.05) is 0 Å². The number of thioether (sulfide) groups is 1. The lowest BCUT2D eigenvalue weighted by Gasteiger charge is -2.21. The van der Waals surface area contributed by atoms with E-state index in [1.165, 1.54) is 24.3 Å². The predicted molar refractivity (Wildman–Crippen MR) is 79.4 cm³/mol. The molecule has 2 N–H and O–H groups in total. The number of aryl methyl sites for hydroxylation is 1. The molecule has 1 unspecified atom stereocenters. The molecule has 6 heteroatoms.